The van der Waals surface area contributed by atoms with Crippen LogP contribution in [0, 0.1) is 0 Å². The molecule has 0 aromatic rings. The smallest absolute Gasteiger partial charge is 0.219 e. The molecule has 0 saturated carbocycles. The van der Waals surface area contributed by atoms with Gasteiger partial charge in [-0.05, 0) is 6.92 Å². The van der Waals surface area contributed by atoms with Crippen molar-refractivity contribution in [1.29, 1.82) is 0 Å². The quantitative estimate of drug-likeness (QED) is 0.441. The van der Waals surface area contributed by atoms with Crippen LogP contribution in [0.3, 0.4) is 0 Å². The summed E-state index contributed by atoms with van der Waals surface area (Å²) in [7, 11) is 6.25. The highest BCUT2D eigenvalue weighted by Crippen LogP contribution is 1.91. The van der Waals surface area contributed by atoms with E-state index >= 15 is 0 Å². The number of quaternary nitrogens is 1. The molecule has 0 aliphatic carbocycles. The number of nitrogens with one attached hydrogen (secondary N) is 1. The van der Waals surface area contributed by atoms with Gasteiger partial charge in [-0.2, -0.15) is 0 Å². The van der Waals surface area contributed by atoms with Crippen molar-refractivity contribution in [3.05, 3.63) is 0 Å². The fraction of sp³-hybridized carbons (Fsp3) is 1.00. The van der Waals surface area contributed by atoms with Crippen LogP contribution in [0.2, 0.25) is 0 Å². The zero-order valence-electron chi connectivity index (χ0n) is 8.59. The van der Waals surface area contributed by atoms with Crippen molar-refractivity contribution >= 4 is 0 Å². The maximum atomic E-state index is 8.57. The van der Waals surface area contributed by atoms with E-state index < -0.39 is 5.91 Å². The van der Waals surface area contributed by atoms with Crippen LogP contribution in [0.1, 0.15) is 13.8 Å². The van der Waals surface area contributed by atoms with E-state index in [1.165, 1.54) is 11.8 Å². The highest BCUT2D eigenvalue weighted by molar-refractivity contribution is 4.41. The van der Waals surface area contributed by atoms with Gasteiger partial charge >= 0.3 is 0 Å². The molecule has 0 aromatic carbocycles. The Bertz CT molecular complexity index is 78.5. The molecule has 0 spiro atoms. The maximum Gasteiger partial charge on any atom is 0.219 e. The molecular weight excluding hydrogens is 160 g/mol. The number of hydrogen-bond donors (Lipinski definition) is 3. The molecule has 0 bridgehead atoms. The molecular formula is C7H22N2O3. The summed E-state index contributed by atoms with van der Waals surface area (Å²) in [5.74, 6) is -1.45. The van der Waals surface area contributed by atoms with Gasteiger partial charge in [0.15, 0.2) is 0 Å². The first-order valence-electron chi connectivity index (χ1n) is 3.71. The van der Waals surface area contributed by atoms with Gasteiger partial charge in [0.05, 0.1) is 21.1 Å². The van der Waals surface area contributed by atoms with Gasteiger partial charge in [0, 0.05) is 13.5 Å². The van der Waals surface area contributed by atoms with Crippen molar-refractivity contribution in [2.75, 3.05) is 27.7 Å². The molecule has 0 fully saturated rings. The highest BCUT2D eigenvalue weighted by atomic mass is 16.6. The molecule has 0 saturated heterocycles. The summed E-state index contributed by atoms with van der Waals surface area (Å²) < 4.78 is 4.56. The minimum atomic E-state index is -1.45. The molecule has 0 rings (SSSR count). The van der Waals surface area contributed by atoms with E-state index in [0.29, 0.717) is 6.61 Å². The Hall–Kier alpha value is -0.200. The molecule has 5 nitrogen and oxygen atoms in total. The van der Waals surface area contributed by atoms with Gasteiger partial charge in [-0.15, -0.1) is 0 Å². The number of nitrogens with two attached hydrogens (primary N) is 1. The Balaban J connectivity index is -0.000000142. The second kappa shape index (κ2) is 8.89. The number of aliphatic hydroxyl groups is 1. The largest absolute Gasteiger partial charge is 0.870 e. The summed E-state index contributed by atoms with van der Waals surface area (Å²) in [5, 5.41) is 8.57. The molecule has 0 aliphatic rings. The topological polar surface area (TPSA) is 89.9 Å². The summed E-state index contributed by atoms with van der Waals surface area (Å²) in [6, 6.07) is 0. The maximum absolute atomic E-state index is 8.57. The van der Waals surface area contributed by atoms with Gasteiger partial charge in [-0.1, -0.05) is 0 Å². The zero-order valence-corrected chi connectivity index (χ0v) is 8.59. The molecule has 0 amide bonds. The second-order valence-electron chi connectivity index (χ2n) is 2.99. The van der Waals surface area contributed by atoms with Crippen LogP contribution >= 0.6 is 0 Å². The number of hydrogen-bond acceptors (Lipinski definition) is 4. The van der Waals surface area contributed by atoms with Crippen molar-refractivity contribution in [1.82, 2.24) is 0 Å². The summed E-state index contributed by atoms with van der Waals surface area (Å²) in [5.41, 5.74) is 4.98. The standard InChI is InChI=1S/C4H11NO2.C3H9N.H2O/c1-3-7-4(2,5)6;1-4(2)3;/h6H,3,5H2,1-2H3;1-3H3;1H2. The summed E-state index contributed by atoms with van der Waals surface area (Å²) in [4.78, 5) is 1.42. The van der Waals surface area contributed by atoms with E-state index in [9.17, 15) is 0 Å². The fourth-order valence-electron chi connectivity index (χ4n) is 0.292. The first kappa shape index (κ1) is 17.8. The normalized spacial score (nSPS) is 14.0. The summed E-state index contributed by atoms with van der Waals surface area (Å²) in [6.07, 6.45) is 0. The third-order valence-electron chi connectivity index (χ3n) is 0.437. The van der Waals surface area contributed by atoms with Gasteiger partial charge in [0.2, 0.25) is 5.91 Å². The van der Waals surface area contributed by atoms with E-state index in [1.807, 2.05) is 0 Å². The Labute approximate surface area is 74.4 Å². The van der Waals surface area contributed by atoms with E-state index in [1.54, 1.807) is 6.92 Å². The lowest BCUT2D eigenvalue weighted by molar-refractivity contribution is -0.836. The summed E-state index contributed by atoms with van der Waals surface area (Å²) in [6.45, 7) is 3.58. The van der Waals surface area contributed by atoms with E-state index in [0.717, 1.165) is 0 Å². The zero-order chi connectivity index (χ0) is 9.49. The molecule has 5 N–H and O–H groups in total. The minimum Gasteiger partial charge on any atom is -0.870 e. The van der Waals surface area contributed by atoms with Crippen LogP contribution in [-0.2, 0) is 4.74 Å². The molecule has 0 aromatic heterocycles. The average molecular weight is 182 g/mol. The summed E-state index contributed by atoms with van der Waals surface area (Å²) >= 11 is 0. The van der Waals surface area contributed by atoms with Crippen LogP contribution in [0.15, 0.2) is 0 Å². The van der Waals surface area contributed by atoms with Crippen molar-refractivity contribution < 1.29 is 20.2 Å². The number of rotatable bonds is 2. The Morgan fingerprint density at radius 3 is 1.67 bits per heavy atom. The molecule has 0 heterocycles. The molecule has 12 heavy (non-hydrogen) atoms. The molecule has 5 heteroatoms. The highest BCUT2D eigenvalue weighted by Gasteiger charge is 2.09. The van der Waals surface area contributed by atoms with Gasteiger partial charge in [-0.3, -0.25) is 5.73 Å². The third kappa shape index (κ3) is 52.6. The van der Waals surface area contributed by atoms with Gasteiger partial charge < -0.3 is 20.2 Å². The van der Waals surface area contributed by atoms with Crippen molar-refractivity contribution in [3.63, 3.8) is 0 Å². The van der Waals surface area contributed by atoms with E-state index in [2.05, 4.69) is 25.9 Å². The van der Waals surface area contributed by atoms with E-state index in [-0.39, 0.29) is 5.48 Å². The molecule has 0 aliphatic heterocycles. The van der Waals surface area contributed by atoms with Crippen LogP contribution in [0.4, 0.5) is 0 Å². The van der Waals surface area contributed by atoms with Crippen molar-refractivity contribution in [2.24, 2.45) is 5.73 Å². The lowest BCUT2D eigenvalue weighted by atomic mass is 10.6. The SMILES string of the molecule is CCOC(C)(N)O.C[NH+](C)C.[OH-]. The second-order valence-corrected chi connectivity index (χ2v) is 2.99. The molecule has 0 radical (unpaired) electrons. The average Bonchev–Trinajstić information content (AvgIpc) is 1.58. The van der Waals surface area contributed by atoms with Crippen molar-refractivity contribution in [2.45, 2.75) is 19.8 Å². The van der Waals surface area contributed by atoms with Crippen LogP contribution < -0.4 is 10.6 Å². The minimum absolute atomic E-state index is 0. The predicted molar refractivity (Wildman–Crippen MR) is 47.1 cm³/mol. The Kier molecular flexibility index (Phi) is 13.2. The lowest BCUT2D eigenvalue weighted by Gasteiger charge is -2.15. The molecule has 1 unspecified atom stereocenters. The molecule has 1 atom stereocenters. The first-order chi connectivity index (χ1) is 4.79. The fourth-order valence-corrected chi connectivity index (χ4v) is 0.292. The van der Waals surface area contributed by atoms with Gasteiger partial charge in [-0.25, -0.2) is 0 Å². The van der Waals surface area contributed by atoms with E-state index in [4.69, 9.17) is 10.8 Å². The number of ether oxygens (including phenoxy) is 1. The van der Waals surface area contributed by atoms with Crippen LogP contribution in [-0.4, -0.2) is 44.2 Å². The van der Waals surface area contributed by atoms with Crippen LogP contribution in [0.5, 0.6) is 0 Å². The van der Waals surface area contributed by atoms with Crippen molar-refractivity contribution in [3.8, 4) is 0 Å². The third-order valence-corrected chi connectivity index (χ3v) is 0.437. The predicted octanol–water partition coefficient (Wildman–Crippen LogP) is -1.77. The monoisotopic (exact) mass is 182 g/mol. The lowest BCUT2D eigenvalue weighted by Crippen LogP contribution is -3.02. The van der Waals surface area contributed by atoms with Gasteiger partial charge in [0.25, 0.3) is 0 Å². The molecule has 78 valence electrons. The van der Waals surface area contributed by atoms with Gasteiger partial charge in [0.1, 0.15) is 0 Å². The Morgan fingerprint density at radius 2 is 1.67 bits per heavy atom. The van der Waals surface area contributed by atoms with Crippen LogP contribution in [0.25, 0.3) is 0 Å². The Morgan fingerprint density at radius 1 is 1.42 bits per heavy atom. The first-order valence-corrected chi connectivity index (χ1v) is 3.71.